The zero-order valence-corrected chi connectivity index (χ0v) is 13.9. The largest absolute Gasteiger partial charge is 0.377 e. The van der Waals surface area contributed by atoms with E-state index in [1.54, 1.807) is 0 Å². The van der Waals surface area contributed by atoms with Gasteiger partial charge in [-0.1, -0.05) is 13.0 Å². The Labute approximate surface area is 133 Å². The number of hydrogen-bond donors (Lipinski definition) is 0. The molecule has 0 aliphatic carbocycles. The van der Waals surface area contributed by atoms with Crippen LogP contribution < -0.4 is 0 Å². The molecule has 0 unspecified atom stereocenters. The van der Waals surface area contributed by atoms with Crippen molar-refractivity contribution in [2.75, 3.05) is 32.8 Å². The molecule has 2 atom stereocenters. The number of pyridine rings is 1. The number of piperidine rings is 1. The van der Waals surface area contributed by atoms with E-state index in [9.17, 15) is 0 Å². The van der Waals surface area contributed by atoms with Crippen LogP contribution >= 0.6 is 0 Å². The second-order valence-corrected chi connectivity index (χ2v) is 6.75. The van der Waals surface area contributed by atoms with E-state index in [0.717, 1.165) is 57.1 Å². The van der Waals surface area contributed by atoms with Gasteiger partial charge in [0.1, 0.15) is 0 Å². The fraction of sp³-hybridized carbons (Fsp3) is 0.722. The Morgan fingerprint density at radius 2 is 2.36 bits per heavy atom. The second-order valence-electron chi connectivity index (χ2n) is 6.75. The van der Waals surface area contributed by atoms with Crippen molar-refractivity contribution in [3.8, 4) is 0 Å². The first kappa shape index (κ1) is 15.9. The van der Waals surface area contributed by atoms with Crippen LogP contribution in [0.4, 0.5) is 0 Å². The minimum absolute atomic E-state index is 0.177. The number of ether oxygens (including phenoxy) is 2. The Kier molecular flexibility index (Phi) is 5.11. The van der Waals surface area contributed by atoms with Gasteiger partial charge in [-0.3, -0.25) is 4.98 Å². The van der Waals surface area contributed by atoms with Gasteiger partial charge in [0.25, 0.3) is 0 Å². The molecule has 1 aromatic rings. The van der Waals surface area contributed by atoms with Crippen LogP contribution in [0.2, 0.25) is 0 Å². The third-order valence-corrected chi connectivity index (χ3v) is 5.10. The average molecular weight is 304 g/mol. The maximum Gasteiger partial charge on any atom is 0.0888 e. The Hall–Kier alpha value is -0.970. The summed E-state index contributed by atoms with van der Waals surface area (Å²) in [6.07, 6.45) is 3.88. The number of fused-ring (bicyclic) bond motifs is 1. The molecule has 0 saturated carbocycles. The van der Waals surface area contributed by atoms with Gasteiger partial charge >= 0.3 is 0 Å². The Bertz CT molecular complexity index is 494. The number of aryl methyl sites for hydroxylation is 1. The zero-order valence-electron chi connectivity index (χ0n) is 13.9. The SMILES string of the molecule is CCN1CC[C@H]2OCCC[C@@]2(COCc2cccc(C)n2)C1. The molecule has 0 aromatic carbocycles. The minimum atomic E-state index is 0.177. The van der Waals surface area contributed by atoms with E-state index < -0.39 is 0 Å². The molecule has 0 N–H and O–H groups in total. The molecule has 1 aromatic heterocycles. The highest BCUT2D eigenvalue weighted by molar-refractivity contribution is 5.09. The van der Waals surface area contributed by atoms with Crippen molar-refractivity contribution in [1.29, 1.82) is 0 Å². The summed E-state index contributed by atoms with van der Waals surface area (Å²) in [5.41, 5.74) is 2.25. The van der Waals surface area contributed by atoms with Gasteiger partial charge in [-0.2, -0.15) is 0 Å². The van der Waals surface area contributed by atoms with E-state index in [2.05, 4.69) is 16.8 Å². The van der Waals surface area contributed by atoms with Crippen LogP contribution in [0.15, 0.2) is 18.2 Å². The molecule has 122 valence electrons. The number of hydrogen-bond acceptors (Lipinski definition) is 4. The zero-order chi connectivity index (χ0) is 15.4. The molecule has 2 saturated heterocycles. The predicted octanol–water partition coefficient (Wildman–Crippen LogP) is 2.80. The number of likely N-dealkylation sites (tertiary alicyclic amines) is 1. The molecular weight excluding hydrogens is 276 g/mol. The maximum atomic E-state index is 6.10. The lowest BCUT2D eigenvalue weighted by Crippen LogP contribution is -2.56. The maximum absolute atomic E-state index is 6.10. The van der Waals surface area contributed by atoms with Crippen molar-refractivity contribution in [2.45, 2.75) is 45.8 Å². The molecule has 0 bridgehead atoms. The van der Waals surface area contributed by atoms with Gasteiger partial charge in [0.15, 0.2) is 0 Å². The van der Waals surface area contributed by atoms with E-state index in [4.69, 9.17) is 9.47 Å². The van der Waals surface area contributed by atoms with E-state index in [0.29, 0.717) is 12.7 Å². The van der Waals surface area contributed by atoms with Crippen LogP contribution in [0.25, 0.3) is 0 Å². The number of aromatic nitrogens is 1. The number of rotatable bonds is 5. The quantitative estimate of drug-likeness (QED) is 0.838. The van der Waals surface area contributed by atoms with Crippen molar-refractivity contribution < 1.29 is 9.47 Å². The normalized spacial score (nSPS) is 29.3. The first-order valence-electron chi connectivity index (χ1n) is 8.56. The van der Waals surface area contributed by atoms with Gasteiger partial charge in [0, 0.05) is 30.8 Å². The molecule has 4 nitrogen and oxygen atoms in total. The Morgan fingerprint density at radius 1 is 1.45 bits per heavy atom. The second kappa shape index (κ2) is 7.07. The van der Waals surface area contributed by atoms with Gasteiger partial charge in [0.05, 0.1) is 25.0 Å². The highest BCUT2D eigenvalue weighted by atomic mass is 16.5. The van der Waals surface area contributed by atoms with Crippen molar-refractivity contribution in [3.63, 3.8) is 0 Å². The minimum Gasteiger partial charge on any atom is -0.377 e. The third-order valence-electron chi connectivity index (χ3n) is 5.10. The summed E-state index contributed by atoms with van der Waals surface area (Å²) < 4.78 is 12.2. The molecule has 3 heterocycles. The van der Waals surface area contributed by atoms with Crippen LogP contribution in [0, 0.1) is 12.3 Å². The first-order chi connectivity index (χ1) is 10.7. The first-order valence-corrected chi connectivity index (χ1v) is 8.56. The van der Waals surface area contributed by atoms with Gasteiger partial charge in [-0.05, 0) is 44.9 Å². The van der Waals surface area contributed by atoms with E-state index in [-0.39, 0.29) is 5.41 Å². The summed E-state index contributed by atoms with van der Waals surface area (Å²) >= 11 is 0. The van der Waals surface area contributed by atoms with Gasteiger partial charge < -0.3 is 14.4 Å². The predicted molar refractivity (Wildman–Crippen MR) is 86.8 cm³/mol. The molecule has 2 fully saturated rings. The lowest BCUT2D eigenvalue weighted by Gasteiger charge is -2.50. The fourth-order valence-corrected chi connectivity index (χ4v) is 3.90. The highest BCUT2D eigenvalue weighted by Crippen LogP contribution is 2.40. The Balaban J connectivity index is 1.62. The fourth-order valence-electron chi connectivity index (χ4n) is 3.90. The summed E-state index contributed by atoms with van der Waals surface area (Å²) in [6, 6.07) is 6.11. The third kappa shape index (κ3) is 3.50. The van der Waals surface area contributed by atoms with Crippen LogP contribution in [-0.4, -0.2) is 48.8 Å². The molecule has 2 aliphatic heterocycles. The summed E-state index contributed by atoms with van der Waals surface area (Å²) in [5, 5.41) is 0. The van der Waals surface area contributed by atoms with Crippen molar-refractivity contribution >= 4 is 0 Å². The van der Waals surface area contributed by atoms with Crippen molar-refractivity contribution in [1.82, 2.24) is 9.88 Å². The summed E-state index contributed by atoms with van der Waals surface area (Å²) in [7, 11) is 0. The van der Waals surface area contributed by atoms with E-state index >= 15 is 0 Å². The van der Waals surface area contributed by atoms with E-state index in [1.807, 2.05) is 25.1 Å². The highest BCUT2D eigenvalue weighted by Gasteiger charge is 2.45. The lowest BCUT2D eigenvalue weighted by atomic mass is 9.73. The molecule has 22 heavy (non-hydrogen) atoms. The molecule has 0 spiro atoms. The summed E-state index contributed by atoms with van der Waals surface area (Å²) in [5.74, 6) is 0. The van der Waals surface area contributed by atoms with Gasteiger partial charge in [-0.15, -0.1) is 0 Å². The smallest absolute Gasteiger partial charge is 0.0888 e. The van der Waals surface area contributed by atoms with Gasteiger partial charge in [-0.25, -0.2) is 0 Å². The Morgan fingerprint density at radius 3 is 3.18 bits per heavy atom. The monoisotopic (exact) mass is 304 g/mol. The molecule has 4 heteroatoms. The lowest BCUT2D eigenvalue weighted by molar-refractivity contribution is -0.154. The van der Waals surface area contributed by atoms with E-state index in [1.165, 1.54) is 6.42 Å². The average Bonchev–Trinajstić information content (AvgIpc) is 2.54. The summed E-state index contributed by atoms with van der Waals surface area (Å²) in [6.45, 7) is 9.94. The van der Waals surface area contributed by atoms with Crippen molar-refractivity contribution in [2.24, 2.45) is 5.41 Å². The molecule has 0 radical (unpaired) electrons. The van der Waals surface area contributed by atoms with Crippen LogP contribution in [0.3, 0.4) is 0 Å². The van der Waals surface area contributed by atoms with Crippen LogP contribution in [0.5, 0.6) is 0 Å². The molecule has 3 rings (SSSR count). The molecule has 0 amide bonds. The van der Waals surface area contributed by atoms with Crippen LogP contribution in [0.1, 0.15) is 37.6 Å². The summed E-state index contributed by atoms with van der Waals surface area (Å²) in [4.78, 5) is 7.06. The topological polar surface area (TPSA) is 34.6 Å². The standard InChI is InChI=1S/C18H28N2O2/c1-3-20-10-8-17-18(13-20,9-5-11-22-17)14-21-12-16-7-4-6-15(2)19-16/h4,6-7,17H,3,5,8-14H2,1-2H3/t17-,18+/m1/s1. The van der Waals surface area contributed by atoms with Crippen molar-refractivity contribution in [3.05, 3.63) is 29.6 Å². The number of nitrogens with zero attached hydrogens (tertiary/aromatic N) is 2. The molecular formula is C18H28N2O2. The molecule has 2 aliphatic rings. The van der Waals surface area contributed by atoms with Gasteiger partial charge in [0.2, 0.25) is 0 Å². The van der Waals surface area contributed by atoms with Crippen LogP contribution in [-0.2, 0) is 16.1 Å².